The Hall–Kier alpha value is -0.520. The van der Waals surface area contributed by atoms with Crippen LogP contribution in [0.5, 0.6) is 0 Å². The van der Waals surface area contributed by atoms with Gasteiger partial charge >= 0.3 is 0 Å². The van der Waals surface area contributed by atoms with Gasteiger partial charge in [0.1, 0.15) is 0 Å². The Bertz CT molecular complexity index is 374. The summed E-state index contributed by atoms with van der Waals surface area (Å²) in [4.78, 5) is 13.4. The molecule has 0 aromatic carbocycles. The SMILES string of the molecule is COCCC(C)(C)CNC(=O)c1cc(S)cs1. The predicted molar refractivity (Wildman–Crippen MR) is 74.2 cm³/mol. The topological polar surface area (TPSA) is 38.3 Å². The van der Waals surface area contributed by atoms with Crippen molar-refractivity contribution in [1.29, 1.82) is 0 Å². The van der Waals surface area contributed by atoms with E-state index in [1.54, 1.807) is 13.2 Å². The van der Waals surface area contributed by atoms with Crippen molar-refractivity contribution < 1.29 is 9.53 Å². The molecule has 0 aliphatic rings. The van der Waals surface area contributed by atoms with Crippen molar-refractivity contribution in [1.82, 2.24) is 5.32 Å². The van der Waals surface area contributed by atoms with Crippen molar-refractivity contribution in [2.75, 3.05) is 20.3 Å². The molecule has 1 aromatic heterocycles. The Morgan fingerprint density at radius 3 is 2.82 bits per heavy atom. The fraction of sp³-hybridized carbons (Fsp3) is 0.583. The zero-order chi connectivity index (χ0) is 12.9. The van der Waals surface area contributed by atoms with Crippen LogP contribution in [-0.4, -0.2) is 26.2 Å². The number of thiophene rings is 1. The van der Waals surface area contributed by atoms with Gasteiger partial charge in [-0.3, -0.25) is 4.79 Å². The average molecular weight is 273 g/mol. The van der Waals surface area contributed by atoms with Crippen molar-refractivity contribution in [2.45, 2.75) is 25.2 Å². The highest BCUT2D eigenvalue weighted by atomic mass is 32.1. The normalized spacial score (nSPS) is 11.5. The maximum Gasteiger partial charge on any atom is 0.261 e. The van der Waals surface area contributed by atoms with Gasteiger partial charge in [0.15, 0.2) is 0 Å². The van der Waals surface area contributed by atoms with E-state index in [0.717, 1.165) is 11.3 Å². The van der Waals surface area contributed by atoms with Crippen molar-refractivity contribution in [3.8, 4) is 0 Å². The zero-order valence-electron chi connectivity index (χ0n) is 10.4. The van der Waals surface area contributed by atoms with E-state index in [1.165, 1.54) is 11.3 Å². The van der Waals surface area contributed by atoms with E-state index in [4.69, 9.17) is 4.74 Å². The molecule has 0 atom stereocenters. The van der Waals surface area contributed by atoms with Crippen LogP contribution >= 0.6 is 24.0 Å². The molecule has 17 heavy (non-hydrogen) atoms. The summed E-state index contributed by atoms with van der Waals surface area (Å²) in [6.07, 6.45) is 0.923. The zero-order valence-corrected chi connectivity index (χ0v) is 12.2. The quantitative estimate of drug-likeness (QED) is 0.782. The first-order valence-electron chi connectivity index (χ1n) is 5.49. The minimum absolute atomic E-state index is 0.0270. The third kappa shape index (κ3) is 5.10. The minimum Gasteiger partial charge on any atom is -0.385 e. The van der Waals surface area contributed by atoms with E-state index >= 15 is 0 Å². The van der Waals surface area contributed by atoms with Crippen LogP contribution < -0.4 is 5.32 Å². The monoisotopic (exact) mass is 273 g/mol. The molecule has 0 saturated carbocycles. The van der Waals surface area contributed by atoms with E-state index in [9.17, 15) is 4.79 Å². The van der Waals surface area contributed by atoms with Gasteiger partial charge in [0.2, 0.25) is 0 Å². The molecule has 1 amide bonds. The summed E-state index contributed by atoms with van der Waals surface area (Å²) in [6, 6.07) is 1.78. The first kappa shape index (κ1) is 14.5. The number of nitrogens with one attached hydrogen (secondary N) is 1. The molecule has 0 fully saturated rings. The highest BCUT2D eigenvalue weighted by Crippen LogP contribution is 2.20. The van der Waals surface area contributed by atoms with Crippen LogP contribution in [0.3, 0.4) is 0 Å². The summed E-state index contributed by atoms with van der Waals surface area (Å²) in [5.41, 5.74) is 0.0483. The van der Waals surface area contributed by atoms with Crippen molar-refractivity contribution >= 4 is 29.9 Å². The lowest BCUT2D eigenvalue weighted by Gasteiger charge is -2.24. The molecule has 0 saturated heterocycles. The van der Waals surface area contributed by atoms with Crippen LogP contribution in [-0.2, 0) is 4.74 Å². The van der Waals surface area contributed by atoms with Gasteiger partial charge in [-0.15, -0.1) is 24.0 Å². The molecule has 3 nitrogen and oxygen atoms in total. The van der Waals surface area contributed by atoms with Crippen molar-refractivity contribution in [3.05, 3.63) is 16.3 Å². The van der Waals surface area contributed by atoms with E-state index in [0.29, 0.717) is 18.0 Å². The van der Waals surface area contributed by atoms with Gasteiger partial charge in [0.05, 0.1) is 4.88 Å². The molecular formula is C12H19NO2S2. The molecule has 0 spiro atoms. The lowest BCUT2D eigenvalue weighted by atomic mass is 9.90. The number of thiol groups is 1. The number of methoxy groups -OCH3 is 1. The van der Waals surface area contributed by atoms with E-state index < -0.39 is 0 Å². The number of ether oxygens (including phenoxy) is 1. The lowest BCUT2D eigenvalue weighted by Crippen LogP contribution is -2.34. The maximum atomic E-state index is 11.8. The van der Waals surface area contributed by atoms with Crippen LogP contribution in [0.25, 0.3) is 0 Å². The van der Waals surface area contributed by atoms with Crippen molar-refractivity contribution in [3.63, 3.8) is 0 Å². The minimum atomic E-state index is -0.0270. The second-order valence-electron chi connectivity index (χ2n) is 4.76. The van der Waals surface area contributed by atoms with Crippen LogP contribution in [0.15, 0.2) is 16.3 Å². The largest absolute Gasteiger partial charge is 0.385 e. The highest BCUT2D eigenvalue weighted by molar-refractivity contribution is 7.80. The second-order valence-corrected chi connectivity index (χ2v) is 6.19. The van der Waals surface area contributed by atoms with Gasteiger partial charge in [-0.25, -0.2) is 0 Å². The summed E-state index contributed by atoms with van der Waals surface area (Å²) in [7, 11) is 1.69. The van der Waals surface area contributed by atoms with Crippen LogP contribution in [0.1, 0.15) is 29.9 Å². The molecule has 1 aromatic rings. The summed E-state index contributed by atoms with van der Waals surface area (Å²) >= 11 is 5.60. The molecule has 1 rings (SSSR count). The molecule has 0 aliphatic carbocycles. The Kier molecular flexibility index (Phi) is 5.49. The number of rotatable bonds is 6. The Morgan fingerprint density at radius 2 is 2.29 bits per heavy atom. The molecule has 1 heterocycles. The number of hydrogen-bond donors (Lipinski definition) is 2. The average Bonchev–Trinajstić information content (AvgIpc) is 2.70. The van der Waals surface area contributed by atoms with E-state index in [2.05, 4.69) is 31.8 Å². The molecule has 0 aliphatic heterocycles. The first-order chi connectivity index (χ1) is 7.94. The fourth-order valence-corrected chi connectivity index (χ4v) is 2.38. The van der Waals surface area contributed by atoms with Gasteiger partial charge in [0, 0.05) is 30.5 Å². The number of carbonyl (C=O) groups excluding carboxylic acids is 1. The van der Waals surface area contributed by atoms with Gasteiger partial charge in [0.25, 0.3) is 5.91 Å². The van der Waals surface area contributed by atoms with Gasteiger partial charge in [-0.05, 0) is 17.9 Å². The van der Waals surface area contributed by atoms with Crippen LogP contribution in [0.2, 0.25) is 0 Å². The molecule has 96 valence electrons. The summed E-state index contributed by atoms with van der Waals surface area (Å²) < 4.78 is 5.05. The third-order valence-corrected chi connectivity index (χ3v) is 3.88. The molecule has 5 heteroatoms. The van der Waals surface area contributed by atoms with Gasteiger partial charge < -0.3 is 10.1 Å². The Morgan fingerprint density at radius 1 is 1.59 bits per heavy atom. The maximum absolute atomic E-state index is 11.8. The standard InChI is InChI=1S/C12H19NO2S2/c1-12(2,4-5-15-3)8-13-11(14)10-6-9(16)7-17-10/h6-7,16H,4-5,8H2,1-3H3,(H,13,14). The number of amides is 1. The Labute approximate surface area is 112 Å². The van der Waals surface area contributed by atoms with Gasteiger partial charge in [-0.1, -0.05) is 13.8 Å². The molecule has 0 bridgehead atoms. The highest BCUT2D eigenvalue weighted by Gasteiger charge is 2.19. The second kappa shape index (κ2) is 6.42. The lowest BCUT2D eigenvalue weighted by molar-refractivity contribution is 0.0925. The third-order valence-electron chi connectivity index (χ3n) is 2.52. The van der Waals surface area contributed by atoms with Crippen LogP contribution in [0, 0.1) is 5.41 Å². The summed E-state index contributed by atoms with van der Waals surface area (Å²) in [5, 5.41) is 4.80. The predicted octanol–water partition coefficient (Wildman–Crippen LogP) is 2.83. The number of hydrogen-bond acceptors (Lipinski definition) is 4. The van der Waals surface area contributed by atoms with Crippen molar-refractivity contribution in [2.24, 2.45) is 5.41 Å². The first-order valence-corrected chi connectivity index (χ1v) is 6.82. The van der Waals surface area contributed by atoms with Gasteiger partial charge in [-0.2, -0.15) is 0 Å². The van der Waals surface area contributed by atoms with E-state index in [-0.39, 0.29) is 11.3 Å². The Balaban J connectivity index is 2.42. The number of carbonyl (C=O) groups is 1. The molecular weight excluding hydrogens is 254 g/mol. The fourth-order valence-electron chi connectivity index (χ4n) is 1.32. The molecule has 1 N–H and O–H groups in total. The molecule has 0 radical (unpaired) electrons. The molecule has 0 unspecified atom stereocenters. The van der Waals surface area contributed by atoms with Crippen LogP contribution in [0.4, 0.5) is 0 Å². The smallest absolute Gasteiger partial charge is 0.261 e. The summed E-state index contributed by atoms with van der Waals surface area (Å²) in [5.74, 6) is -0.0270. The summed E-state index contributed by atoms with van der Waals surface area (Å²) in [6.45, 7) is 5.59. The van der Waals surface area contributed by atoms with E-state index in [1.807, 2.05) is 5.38 Å².